The average Bonchev–Trinajstić information content (AvgIpc) is 2.39. The molecule has 22 heavy (non-hydrogen) atoms. The number of carbonyl (C=O) groups is 2. The third-order valence-electron chi connectivity index (χ3n) is 2.97. The molecule has 6 nitrogen and oxygen atoms in total. The Bertz CT molecular complexity index is 517. The van der Waals surface area contributed by atoms with Gasteiger partial charge < -0.3 is 14.4 Å². The lowest BCUT2D eigenvalue weighted by molar-refractivity contribution is -0.138. The number of esters is 1. The number of ether oxygens (including phenoxy) is 2. The topological polar surface area (TPSA) is 79.6 Å². The minimum atomic E-state index is -1.58. The van der Waals surface area contributed by atoms with Crippen molar-refractivity contribution < 1.29 is 23.5 Å². The first-order chi connectivity index (χ1) is 10.2. The van der Waals surface area contributed by atoms with Crippen LogP contribution in [-0.2, 0) is 14.3 Å². The average molecular weight is 312 g/mol. The Kier molecular flexibility index (Phi) is 5.92. The van der Waals surface area contributed by atoms with Crippen molar-refractivity contribution in [3.63, 3.8) is 0 Å². The lowest BCUT2D eigenvalue weighted by Crippen LogP contribution is -2.44. The van der Waals surface area contributed by atoms with Crippen molar-refractivity contribution in [3.8, 4) is 6.07 Å². The Balaban J connectivity index is 2.83. The maximum atomic E-state index is 14.3. The molecule has 1 amide bonds. The molecule has 0 N–H and O–H groups in total. The van der Waals surface area contributed by atoms with Crippen molar-refractivity contribution in [2.75, 3.05) is 19.7 Å². The Morgan fingerprint density at radius 2 is 2.09 bits per heavy atom. The highest BCUT2D eigenvalue weighted by atomic mass is 19.1. The minimum absolute atomic E-state index is 0.0840. The number of rotatable bonds is 2. The third-order valence-corrected chi connectivity index (χ3v) is 2.97. The van der Waals surface area contributed by atoms with Crippen LogP contribution in [0.4, 0.5) is 9.18 Å². The van der Waals surface area contributed by atoms with Gasteiger partial charge in [0.1, 0.15) is 23.4 Å². The molecule has 0 aromatic rings. The Morgan fingerprint density at radius 1 is 1.45 bits per heavy atom. The maximum Gasteiger partial charge on any atom is 0.410 e. The van der Waals surface area contributed by atoms with Crippen molar-refractivity contribution in [2.45, 2.75) is 45.9 Å². The lowest BCUT2D eigenvalue weighted by Gasteiger charge is -2.32. The van der Waals surface area contributed by atoms with Gasteiger partial charge in [-0.2, -0.15) is 5.26 Å². The van der Waals surface area contributed by atoms with E-state index >= 15 is 0 Å². The number of halogens is 1. The number of nitrogens with zero attached hydrogens (tertiary/aromatic N) is 2. The van der Waals surface area contributed by atoms with Crippen LogP contribution >= 0.6 is 0 Å². The van der Waals surface area contributed by atoms with Gasteiger partial charge in [0, 0.05) is 6.54 Å². The van der Waals surface area contributed by atoms with Gasteiger partial charge in [-0.25, -0.2) is 14.0 Å². The van der Waals surface area contributed by atoms with E-state index in [-0.39, 0.29) is 37.3 Å². The van der Waals surface area contributed by atoms with Gasteiger partial charge in [-0.05, 0) is 39.7 Å². The van der Waals surface area contributed by atoms with E-state index in [0.717, 1.165) is 0 Å². The fourth-order valence-electron chi connectivity index (χ4n) is 2.03. The second-order valence-electron chi connectivity index (χ2n) is 5.88. The molecule has 0 radical (unpaired) electrons. The Morgan fingerprint density at radius 3 is 2.55 bits per heavy atom. The molecule has 0 bridgehead atoms. The van der Waals surface area contributed by atoms with Gasteiger partial charge in [0.05, 0.1) is 13.2 Å². The second-order valence-corrected chi connectivity index (χ2v) is 5.88. The van der Waals surface area contributed by atoms with Crippen molar-refractivity contribution in [2.24, 2.45) is 0 Å². The molecule has 1 saturated heterocycles. The largest absolute Gasteiger partial charge is 0.462 e. The van der Waals surface area contributed by atoms with Gasteiger partial charge in [-0.1, -0.05) is 0 Å². The molecule has 0 saturated carbocycles. The number of amides is 1. The second kappa shape index (κ2) is 7.25. The molecule has 1 fully saturated rings. The van der Waals surface area contributed by atoms with Crippen LogP contribution in [-0.4, -0.2) is 48.4 Å². The first kappa shape index (κ1) is 18.0. The van der Waals surface area contributed by atoms with Crippen LogP contribution in [0.25, 0.3) is 0 Å². The zero-order chi connectivity index (χ0) is 16.9. The molecule has 122 valence electrons. The number of alkyl halides is 1. The van der Waals surface area contributed by atoms with Gasteiger partial charge >= 0.3 is 12.1 Å². The number of hydrogen-bond acceptors (Lipinski definition) is 5. The van der Waals surface area contributed by atoms with Gasteiger partial charge in [0.2, 0.25) is 0 Å². The van der Waals surface area contributed by atoms with Crippen LogP contribution in [0.3, 0.4) is 0 Å². The smallest absolute Gasteiger partial charge is 0.410 e. The van der Waals surface area contributed by atoms with Gasteiger partial charge in [-0.3, -0.25) is 0 Å². The fourth-order valence-corrected chi connectivity index (χ4v) is 2.03. The van der Waals surface area contributed by atoms with E-state index in [2.05, 4.69) is 0 Å². The van der Waals surface area contributed by atoms with Crippen LogP contribution in [0.2, 0.25) is 0 Å². The van der Waals surface area contributed by atoms with E-state index in [0.29, 0.717) is 0 Å². The van der Waals surface area contributed by atoms with Crippen molar-refractivity contribution in [1.82, 2.24) is 4.90 Å². The first-order valence-corrected chi connectivity index (χ1v) is 7.11. The van der Waals surface area contributed by atoms with Gasteiger partial charge in [-0.15, -0.1) is 0 Å². The van der Waals surface area contributed by atoms with Crippen LogP contribution in [0, 0.1) is 11.3 Å². The summed E-state index contributed by atoms with van der Waals surface area (Å²) >= 11 is 0. The summed E-state index contributed by atoms with van der Waals surface area (Å²) in [5.74, 6) is -0.826. The van der Waals surface area contributed by atoms with E-state index in [4.69, 9.17) is 14.7 Å². The summed E-state index contributed by atoms with van der Waals surface area (Å²) in [5.41, 5.74) is -0.888. The molecular weight excluding hydrogens is 291 g/mol. The van der Waals surface area contributed by atoms with Crippen molar-refractivity contribution in [3.05, 3.63) is 11.1 Å². The van der Waals surface area contributed by atoms with Crippen LogP contribution in [0.15, 0.2) is 11.1 Å². The molecule has 1 rings (SSSR count). The summed E-state index contributed by atoms with van der Waals surface area (Å²) in [5, 5.41) is 9.04. The highest BCUT2D eigenvalue weighted by Crippen LogP contribution is 2.25. The van der Waals surface area contributed by atoms with Gasteiger partial charge in [0.15, 0.2) is 0 Å². The molecule has 1 aliphatic rings. The number of piperidine rings is 1. The number of likely N-dealkylation sites (tertiary alicyclic amines) is 1. The molecular formula is C15H21FN2O4. The van der Waals surface area contributed by atoms with E-state index < -0.39 is 23.8 Å². The van der Waals surface area contributed by atoms with Crippen LogP contribution in [0.5, 0.6) is 0 Å². The van der Waals surface area contributed by atoms with E-state index in [1.807, 2.05) is 0 Å². The molecule has 1 unspecified atom stereocenters. The predicted octanol–water partition coefficient (Wildman–Crippen LogP) is 2.35. The van der Waals surface area contributed by atoms with Crippen molar-refractivity contribution in [1.29, 1.82) is 5.26 Å². The quantitative estimate of drug-likeness (QED) is 0.444. The van der Waals surface area contributed by atoms with Crippen LogP contribution < -0.4 is 0 Å². The summed E-state index contributed by atoms with van der Waals surface area (Å²) in [6.07, 6.45) is -2.09. The summed E-state index contributed by atoms with van der Waals surface area (Å²) in [6.45, 7) is 6.84. The van der Waals surface area contributed by atoms with Crippen LogP contribution in [0.1, 0.15) is 34.1 Å². The molecule has 0 aromatic heterocycles. The Labute approximate surface area is 129 Å². The summed E-state index contributed by atoms with van der Waals surface area (Å²) < 4.78 is 24.2. The summed E-state index contributed by atoms with van der Waals surface area (Å²) in [7, 11) is 0. The van der Waals surface area contributed by atoms with E-state index in [9.17, 15) is 14.0 Å². The number of hydrogen-bond donors (Lipinski definition) is 0. The zero-order valence-corrected chi connectivity index (χ0v) is 13.3. The fraction of sp³-hybridized carbons (Fsp3) is 0.667. The zero-order valence-electron chi connectivity index (χ0n) is 13.3. The van der Waals surface area contributed by atoms with E-state index in [1.165, 1.54) is 4.90 Å². The summed E-state index contributed by atoms with van der Waals surface area (Å²) in [4.78, 5) is 24.8. The Hall–Kier alpha value is -2.10. The SMILES string of the molecule is CCOC(=O)C(C#N)=C1CCN(C(=O)OC(C)(C)C)CC1F. The highest BCUT2D eigenvalue weighted by Gasteiger charge is 2.33. The standard InChI is InChI=1S/C15H21FN2O4/c1-5-21-13(19)11(8-17)10-6-7-18(9-12(10)16)14(20)22-15(2,3)4/h12H,5-7,9H2,1-4H3. The lowest BCUT2D eigenvalue weighted by atomic mass is 9.97. The monoisotopic (exact) mass is 312 g/mol. The highest BCUT2D eigenvalue weighted by molar-refractivity contribution is 5.94. The molecule has 0 aromatic carbocycles. The maximum absolute atomic E-state index is 14.3. The molecule has 7 heteroatoms. The van der Waals surface area contributed by atoms with Crippen molar-refractivity contribution >= 4 is 12.1 Å². The molecule has 0 spiro atoms. The normalized spacial score (nSPS) is 20.9. The first-order valence-electron chi connectivity index (χ1n) is 7.11. The molecule has 0 aliphatic carbocycles. The summed E-state index contributed by atoms with van der Waals surface area (Å²) in [6, 6.07) is 1.70. The predicted molar refractivity (Wildman–Crippen MR) is 76.6 cm³/mol. The third kappa shape index (κ3) is 4.72. The van der Waals surface area contributed by atoms with Gasteiger partial charge in [0.25, 0.3) is 0 Å². The van der Waals surface area contributed by atoms with E-state index in [1.54, 1.807) is 33.8 Å². The minimum Gasteiger partial charge on any atom is -0.462 e. The number of nitriles is 1. The molecule has 1 aliphatic heterocycles. The molecule has 1 atom stereocenters. The number of carbonyl (C=O) groups excluding carboxylic acids is 2. The molecule has 1 heterocycles.